The Kier molecular flexibility index (Phi) is 6.81. The fraction of sp³-hybridized carbons (Fsp3) is 0.478. The first kappa shape index (κ1) is 22.6. The van der Waals surface area contributed by atoms with Crippen LogP contribution in [-0.2, 0) is 24.9 Å². The van der Waals surface area contributed by atoms with Crippen molar-refractivity contribution in [1.29, 1.82) is 0 Å². The lowest BCUT2D eigenvalue weighted by Crippen LogP contribution is -2.29. The van der Waals surface area contributed by atoms with E-state index in [-0.39, 0.29) is 18.6 Å². The molecule has 0 amide bonds. The molecule has 1 fully saturated rings. The second-order valence-corrected chi connectivity index (χ2v) is 8.20. The number of hydrogen-bond acceptors (Lipinski definition) is 8. The normalized spacial score (nSPS) is 18.2. The Labute approximate surface area is 192 Å². The molecule has 0 aromatic carbocycles. The minimum absolute atomic E-state index is 0.120. The highest BCUT2D eigenvalue weighted by molar-refractivity contribution is 5.70. The Morgan fingerprint density at radius 2 is 2.09 bits per heavy atom. The fourth-order valence-corrected chi connectivity index (χ4v) is 3.97. The fourth-order valence-electron chi connectivity index (χ4n) is 3.97. The van der Waals surface area contributed by atoms with Gasteiger partial charge < -0.3 is 14.6 Å². The van der Waals surface area contributed by atoms with Gasteiger partial charge in [0.1, 0.15) is 23.7 Å². The van der Waals surface area contributed by atoms with Crippen LogP contribution in [0.25, 0.3) is 11.4 Å². The molecule has 3 aromatic heterocycles. The van der Waals surface area contributed by atoms with Crippen molar-refractivity contribution in [3.8, 4) is 23.1 Å². The number of aryl methyl sites for hydroxylation is 3. The zero-order valence-electron chi connectivity index (χ0n) is 19.1. The molecule has 3 heterocycles. The van der Waals surface area contributed by atoms with Gasteiger partial charge in [0.05, 0.1) is 23.4 Å². The SMILES string of the molecule is CCc1ccnc(OCc2c(-c3ccc(O[C@H]4CCC[C@H](C(=O)O)C4)c(C)n3)nnn2C)n1. The highest BCUT2D eigenvalue weighted by atomic mass is 16.5. The molecule has 0 radical (unpaired) electrons. The van der Waals surface area contributed by atoms with E-state index in [0.29, 0.717) is 41.7 Å². The zero-order chi connectivity index (χ0) is 23.4. The summed E-state index contributed by atoms with van der Waals surface area (Å²) in [5, 5.41) is 17.7. The molecule has 0 unspecified atom stereocenters. The largest absolute Gasteiger partial charge is 0.489 e. The molecule has 0 spiro atoms. The van der Waals surface area contributed by atoms with Crippen LogP contribution in [0.1, 0.15) is 49.7 Å². The van der Waals surface area contributed by atoms with Crippen LogP contribution in [0.5, 0.6) is 11.8 Å². The van der Waals surface area contributed by atoms with E-state index in [1.54, 1.807) is 17.9 Å². The lowest BCUT2D eigenvalue weighted by Gasteiger charge is -2.27. The van der Waals surface area contributed by atoms with Gasteiger partial charge in [0, 0.05) is 18.9 Å². The number of aliphatic carboxylic acids is 1. The summed E-state index contributed by atoms with van der Waals surface area (Å²) in [7, 11) is 1.80. The summed E-state index contributed by atoms with van der Waals surface area (Å²) in [5.74, 6) is -0.445. The van der Waals surface area contributed by atoms with Crippen molar-refractivity contribution >= 4 is 5.97 Å². The Morgan fingerprint density at radius 1 is 1.24 bits per heavy atom. The summed E-state index contributed by atoms with van der Waals surface area (Å²) in [6.45, 7) is 4.09. The van der Waals surface area contributed by atoms with Crippen molar-refractivity contribution in [3.05, 3.63) is 41.5 Å². The van der Waals surface area contributed by atoms with Crippen molar-refractivity contribution in [2.75, 3.05) is 0 Å². The summed E-state index contributed by atoms with van der Waals surface area (Å²) in [4.78, 5) is 24.5. The van der Waals surface area contributed by atoms with Gasteiger partial charge >= 0.3 is 12.0 Å². The van der Waals surface area contributed by atoms with E-state index in [1.807, 2.05) is 32.0 Å². The number of carboxylic acids is 1. The van der Waals surface area contributed by atoms with Gasteiger partial charge in [-0.2, -0.15) is 0 Å². The molecule has 1 aliphatic carbocycles. The van der Waals surface area contributed by atoms with Crippen molar-refractivity contribution in [2.45, 2.75) is 58.7 Å². The number of aromatic nitrogens is 6. The van der Waals surface area contributed by atoms with Crippen molar-refractivity contribution < 1.29 is 19.4 Å². The van der Waals surface area contributed by atoms with Gasteiger partial charge in [0.25, 0.3) is 0 Å². The number of nitrogens with zero attached hydrogens (tertiary/aromatic N) is 6. The molecule has 1 aliphatic rings. The molecule has 4 rings (SSSR count). The predicted octanol–water partition coefficient (Wildman–Crippen LogP) is 3.14. The first-order valence-electron chi connectivity index (χ1n) is 11.1. The quantitative estimate of drug-likeness (QED) is 0.548. The molecule has 10 nitrogen and oxygen atoms in total. The van der Waals surface area contributed by atoms with E-state index in [4.69, 9.17) is 9.47 Å². The number of carboxylic acid groups (broad SMARTS) is 1. The van der Waals surface area contributed by atoms with Gasteiger partial charge in [-0.05, 0) is 57.2 Å². The van der Waals surface area contributed by atoms with Crippen molar-refractivity contribution in [2.24, 2.45) is 13.0 Å². The first-order valence-corrected chi connectivity index (χ1v) is 11.1. The molecule has 0 bridgehead atoms. The van der Waals surface area contributed by atoms with Crippen molar-refractivity contribution in [3.63, 3.8) is 0 Å². The highest BCUT2D eigenvalue weighted by Crippen LogP contribution is 2.30. The van der Waals surface area contributed by atoms with E-state index in [2.05, 4.69) is 25.3 Å². The Morgan fingerprint density at radius 3 is 2.85 bits per heavy atom. The minimum Gasteiger partial charge on any atom is -0.489 e. The number of pyridine rings is 1. The molecule has 10 heteroatoms. The summed E-state index contributed by atoms with van der Waals surface area (Å²) in [6.07, 6.45) is 5.27. The number of carbonyl (C=O) groups is 1. The molecule has 1 saturated carbocycles. The zero-order valence-corrected chi connectivity index (χ0v) is 19.1. The summed E-state index contributed by atoms with van der Waals surface area (Å²) < 4.78 is 13.6. The Hall–Kier alpha value is -3.56. The van der Waals surface area contributed by atoms with E-state index in [9.17, 15) is 9.90 Å². The third-order valence-electron chi connectivity index (χ3n) is 5.88. The average molecular weight is 453 g/mol. The maximum Gasteiger partial charge on any atom is 0.316 e. The lowest BCUT2D eigenvalue weighted by molar-refractivity contribution is -0.143. The first-order chi connectivity index (χ1) is 15.9. The molecule has 0 aliphatic heterocycles. The van der Waals surface area contributed by atoms with Gasteiger partial charge in [0.2, 0.25) is 0 Å². The molecule has 174 valence electrons. The van der Waals surface area contributed by atoms with E-state index in [1.165, 1.54) is 0 Å². The molecule has 0 saturated heterocycles. The third kappa shape index (κ3) is 5.27. The molecule has 3 aromatic rings. The van der Waals surface area contributed by atoms with Crippen LogP contribution in [0.2, 0.25) is 0 Å². The van der Waals surface area contributed by atoms with Crippen LogP contribution in [0.3, 0.4) is 0 Å². The van der Waals surface area contributed by atoms with E-state index < -0.39 is 5.97 Å². The summed E-state index contributed by atoms with van der Waals surface area (Å²) >= 11 is 0. The van der Waals surface area contributed by atoms with Gasteiger partial charge in [-0.3, -0.25) is 4.79 Å². The molecular formula is C23H28N6O4. The standard InChI is InChI=1S/C23H28N6O4/c1-4-16-10-11-24-23(26-16)32-13-19-21(27-28-29(19)3)18-8-9-20(14(2)25-18)33-17-7-5-6-15(12-17)22(30)31/h8-11,15,17H,4-7,12-13H2,1-3H3,(H,30,31)/t15-,17-/m0/s1. The summed E-state index contributed by atoms with van der Waals surface area (Å²) in [5.41, 5.74) is 3.63. The smallest absolute Gasteiger partial charge is 0.316 e. The Bertz CT molecular complexity index is 1130. The number of ether oxygens (including phenoxy) is 2. The maximum absolute atomic E-state index is 11.3. The lowest BCUT2D eigenvalue weighted by atomic mass is 9.87. The van der Waals surface area contributed by atoms with E-state index in [0.717, 1.165) is 30.7 Å². The van der Waals surface area contributed by atoms with Gasteiger partial charge in [-0.25, -0.2) is 19.6 Å². The van der Waals surface area contributed by atoms with Crippen LogP contribution in [0.4, 0.5) is 0 Å². The van der Waals surface area contributed by atoms with Crippen LogP contribution in [0.15, 0.2) is 24.4 Å². The minimum atomic E-state index is -0.752. The third-order valence-corrected chi connectivity index (χ3v) is 5.88. The second-order valence-electron chi connectivity index (χ2n) is 8.20. The van der Waals surface area contributed by atoms with Crippen molar-refractivity contribution in [1.82, 2.24) is 29.9 Å². The maximum atomic E-state index is 11.3. The predicted molar refractivity (Wildman–Crippen MR) is 119 cm³/mol. The number of hydrogen-bond donors (Lipinski definition) is 1. The summed E-state index contributed by atoms with van der Waals surface area (Å²) in [6, 6.07) is 5.85. The van der Waals surface area contributed by atoms with Crippen LogP contribution < -0.4 is 9.47 Å². The number of rotatable bonds is 8. The molecule has 33 heavy (non-hydrogen) atoms. The molecule has 2 atom stereocenters. The average Bonchev–Trinajstić information content (AvgIpc) is 3.19. The van der Waals surface area contributed by atoms with E-state index >= 15 is 0 Å². The van der Waals surface area contributed by atoms with Gasteiger partial charge in [-0.15, -0.1) is 5.10 Å². The van der Waals surface area contributed by atoms with Crippen LogP contribution >= 0.6 is 0 Å². The Balaban J connectivity index is 1.48. The van der Waals surface area contributed by atoms with Gasteiger partial charge in [0.15, 0.2) is 0 Å². The van der Waals surface area contributed by atoms with Gasteiger partial charge in [-0.1, -0.05) is 12.1 Å². The van der Waals surface area contributed by atoms with Crippen LogP contribution in [-0.4, -0.2) is 47.1 Å². The monoisotopic (exact) mass is 452 g/mol. The topological polar surface area (TPSA) is 125 Å². The van der Waals surface area contributed by atoms with Crippen LogP contribution in [0, 0.1) is 12.8 Å². The molecule has 1 N–H and O–H groups in total. The molecular weight excluding hydrogens is 424 g/mol. The second kappa shape index (κ2) is 9.93. The highest BCUT2D eigenvalue weighted by Gasteiger charge is 2.28.